The third-order valence-corrected chi connectivity index (χ3v) is 6.31. The van der Waals surface area contributed by atoms with Gasteiger partial charge in [-0.3, -0.25) is 4.79 Å². The van der Waals surface area contributed by atoms with E-state index in [1.807, 2.05) is 25.1 Å². The number of hydrogen-bond donors (Lipinski definition) is 1. The van der Waals surface area contributed by atoms with Crippen molar-refractivity contribution < 1.29 is 17.9 Å². The number of carbonyl (C=O) groups is 1. The van der Waals surface area contributed by atoms with Gasteiger partial charge in [-0.15, -0.1) is 0 Å². The monoisotopic (exact) mass is 404 g/mol. The minimum Gasteiger partial charge on any atom is -0.483 e. The summed E-state index contributed by atoms with van der Waals surface area (Å²) in [7, 11) is -0.641. The molecule has 2 aromatic rings. The first-order valence-electron chi connectivity index (χ1n) is 9.08. The van der Waals surface area contributed by atoms with E-state index in [2.05, 4.69) is 19.2 Å². The Labute approximate surface area is 167 Å². The van der Waals surface area contributed by atoms with Gasteiger partial charge in [0.05, 0.1) is 4.90 Å². The lowest BCUT2D eigenvalue weighted by Crippen LogP contribution is -2.23. The number of sulfonamides is 1. The highest BCUT2D eigenvalue weighted by Gasteiger charge is 2.19. The molecule has 0 aliphatic carbocycles. The molecule has 152 valence electrons. The first-order valence-corrected chi connectivity index (χ1v) is 10.5. The fourth-order valence-corrected chi connectivity index (χ4v) is 3.50. The number of nitrogens with one attached hydrogen (secondary N) is 1. The van der Waals surface area contributed by atoms with E-state index >= 15 is 0 Å². The molecule has 0 spiro atoms. The van der Waals surface area contributed by atoms with Gasteiger partial charge < -0.3 is 10.1 Å². The van der Waals surface area contributed by atoms with Gasteiger partial charge in [-0.1, -0.05) is 32.0 Å². The van der Waals surface area contributed by atoms with Gasteiger partial charge in [-0.05, 0) is 54.7 Å². The van der Waals surface area contributed by atoms with Crippen molar-refractivity contribution in [2.75, 3.05) is 26.0 Å². The molecule has 2 rings (SSSR count). The van der Waals surface area contributed by atoms with Crippen molar-refractivity contribution in [3.8, 4) is 5.75 Å². The van der Waals surface area contributed by atoms with E-state index in [4.69, 9.17) is 4.74 Å². The molecule has 0 saturated heterocycles. The quantitative estimate of drug-likeness (QED) is 0.764. The predicted molar refractivity (Wildman–Crippen MR) is 111 cm³/mol. The molecule has 0 unspecified atom stereocenters. The van der Waals surface area contributed by atoms with E-state index in [1.165, 1.54) is 26.2 Å². The van der Waals surface area contributed by atoms with Crippen LogP contribution in [0.3, 0.4) is 0 Å². The number of hydrogen-bond acceptors (Lipinski definition) is 4. The van der Waals surface area contributed by atoms with Crippen LogP contribution < -0.4 is 10.1 Å². The molecule has 0 radical (unpaired) electrons. The van der Waals surface area contributed by atoms with Gasteiger partial charge in [-0.2, -0.15) is 0 Å². The first-order chi connectivity index (χ1) is 13.0. The van der Waals surface area contributed by atoms with Gasteiger partial charge in [0.25, 0.3) is 5.91 Å². The molecule has 0 aliphatic rings. The third kappa shape index (κ3) is 5.11. The Bertz CT molecular complexity index is 966. The predicted octanol–water partition coefficient (Wildman–Crippen LogP) is 3.69. The van der Waals surface area contributed by atoms with Crippen molar-refractivity contribution in [3.63, 3.8) is 0 Å². The fourth-order valence-electron chi connectivity index (χ4n) is 2.57. The maximum Gasteiger partial charge on any atom is 0.262 e. The Kier molecular flexibility index (Phi) is 6.85. The number of nitrogens with zero attached hydrogens (tertiary/aromatic N) is 1. The van der Waals surface area contributed by atoms with Crippen LogP contribution in [0.4, 0.5) is 5.69 Å². The highest BCUT2D eigenvalue weighted by Crippen LogP contribution is 2.25. The number of amides is 1. The molecule has 1 N–H and O–H groups in total. The molecular weight excluding hydrogens is 376 g/mol. The molecule has 6 nitrogen and oxygen atoms in total. The molecule has 0 fully saturated rings. The minimum atomic E-state index is -3.58. The van der Waals surface area contributed by atoms with E-state index in [0.29, 0.717) is 17.4 Å². The summed E-state index contributed by atoms with van der Waals surface area (Å²) < 4.78 is 31.4. The second kappa shape index (κ2) is 8.75. The van der Waals surface area contributed by atoms with E-state index in [9.17, 15) is 13.2 Å². The van der Waals surface area contributed by atoms with Gasteiger partial charge in [0, 0.05) is 19.8 Å². The Hall–Kier alpha value is -2.38. The lowest BCUT2D eigenvalue weighted by molar-refractivity contribution is -0.118. The molecule has 0 bridgehead atoms. The molecule has 0 saturated carbocycles. The van der Waals surface area contributed by atoms with Crippen LogP contribution in [-0.2, 0) is 14.8 Å². The molecule has 0 atom stereocenters. The van der Waals surface area contributed by atoms with Crippen molar-refractivity contribution in [2.45, 2.75) is 38.5 Å². The van der Waals surface area contributed by atoms with Crippen LogP contribution >= 0.6 is 0 Å². The number of benzene rings is 2. The van der Waals surface area contributed by atoms with Gasteiger partial charge in [0.2, 0.25) is 10.0 Å². The SMILES string of the molecule is Cc1ccc(S(=O)(=O)N(C)C)cc1NC(=O)COc1cc(C(C)C)ccc1C. The van der Waals surface area contributed by atoms with Crippen LogP contribution in [-0.4, -0.2) is 39.3 Å². The molecule has 1 amide bonds. The molecular formula is C21H28N2O4S. The number of carbonyl (C=O) groups excluding carboxylic acids is 1. The molecule has 0 aliphatic heterocycles. The maximum absolute atomic E-state index is 12.4. The Morgan fingerprint density at radius 1 is 1.07 bits per heavy atom. The Morgan fingerprint density at radius 3 is 2.32 bits per heavy atom. The van der Waals surface area contributed by atoms with E-state index in [1.54, 1.807) is 13.0 Å². The first kappa shape index (κ1) is 21.9. The zero-order valence-corrected chi connectivity index (χ0v) is 18.1. The summed E-state index contributed by atoms with van der Waals surface area (Å²) in [5.74, 6) is 0.680. The smallest absolute Gasteiger partial charge is 0.262 e. The van der Waals surface area contributed by atoms with Crippen LogP contribution in [0.25, 0.3) is 0 Å². The summed E-state index contributed by atoms with van der Waals surface area (Å²) in [6.45, 7) is 7.76. The number of anilines is 1. The number of ether oxygens (including phenoxy) is 1. The lowest BCUT2D eigenvalue weighted by atomic mass is 10.0. The second-order valence-corrected chi connectivity index (χ2v) is 9.43. The fraction of sp³-hybridized carbons (Fsp3) is 0.381. The summed E-state index contributed by atoms with van der Waals surface area (Å²) in [4.78, 5) is 12.5. The summed E-state index contributed by atoms with van der Waals surface area (Å²) >= 11 is 0. The zero-order valence-electron chi connectivity index (χ0n) is 17.2. The lowest BCUT2D eigenvalue weighted by Gasteiger charge is -2.15. The number of aryl methyl sites for hydroxylation is 2. The van der Waals surface area contributed by atoms with Crippen LogP contribution in [0, 0.1) is 13.8 Å². The molecule has 0 heterocycles. The number of rotatable bonds is 7. The van der Waals surface area contributed by atoms with Crippen LogP contribution in [0.15, 0.2) is 41.3 Å². The minimum absolute atomic E-state index is 0.125. The van der Waals surface area contributed by atoms with Crippen molar-refractivity contribution in [1.29, 1.82) is 0 Å². The maximum atomic E-state index is 12.4. The van der Waals surface area contributed by atoms with E-state index in [0.717, 1.165) is 21.0 Å². The molecule has 0 aromatic heterocycles. The summed E-state index contributed by atoms with van der Waals surface area (Å²) in [6.07, 6.45) is 0. The highest BCUT2D eigenvalue weighted by molar-refractivity contribution is 7.89. The highest BCUT2D eigenvalue weighted by atomic mass is 32.2. The summed E-state index contributed by atoms with van der Waals surface area (Å²) in [5.41, 5.74) is 3.30. The van der Waals surface area contributed by atoms with Crippen LogP contribution in [0.1, 0.15) is 36.5 Å². The van der Waals surface area contributed by atoms with Crippen LogP contribution in [0.5, 0.6) is 5.75 Å². The topological polar surface area (TPSA) is 75.7 Å². The Balaban J connectivity index is 2.13. The van der Waals surface area contributed by atoms with Crippen molar-refractivity contribution in [3.05, 3.63) is 53.1 Å². The van der Waals surface area contributed by atoms with Crippen LogP contribution in [0.2, 0.25) is 0 Å². The summed E-state index contributed by atoms with van der Waals surface area (Å²) in [5, 5.41) is 2.74. The van der Waals surface area contributed by atoms with Crippen molar-refractivity contribution in [1.82, 2.24) is 4.31 Å². The average Bonchev–Trinajstić information content (AvgIpc) is 2.62. The van der Waals surface area contributed by atoms with Crippen molar-refractivity contribution in [2.24, 2.45) is 0 Å². The molecule has 28 heavy (non-hydrogen) atoms. The van der Waals surface area contributed by atoms with E-state index < -0.39 is 10.0 Å². The van der Waals surface area contributed by atoms with Gasteiger partial charge in [-0.25, -0.2) is 12.7 Å². The normalized spacial score (nSPS) is 11.7. The second-order valence-electron chi connectivity index (χ2n) is 7.28. The van der Waals surface area contributed by atoms with Gasteiger partial charge in [0.1, 0.15) is 5.75 Å². The van der Waals surface area contributed by atoms with Gasteiger partial charge >= 0.3 is 0 Å². The average molecular weight is 405 g/mol. The van der Waals surface area contributed by atoms with Gasteiger partial charge in [0.15, 0.2) is 6.61 Å². The van der Waals surface area contributed by atoms with Crippen molar-refractivity contribution >= 4 is 21.6 Å². The van der Waals surface area contributed by atoms with E-state index in [-0.39, 0.29) is 17.4 Å². The molecule has 7 heteroatoms. The zero-order chi connectivity index (χ0) is 21.1. The summed E-state index contributed by atoms with van der Waals surface area (Å²) in [6, 6.07) is 10.6. The standard InChI is InChI=1S/C21H28N2O4S/c1-14(2)17-9-7-16(4)20(11-17)27-13-21(24)22-19-12-18(10-8-15(19)3)28(25,26)23(5)6/h7-12,14H,13H2,1-6H3,(H,22,24). The Morgan fingerprint density at radius 2 is 1.71 bits per heavy atom. The molecule has 2 aromatic carbocycles. The largest absolute Gasteiger partial charge is 0.483 e. The third-order valence-electron chi connectivity index (χ3n) is 4.50.